The van der Waals surface area contributed by atoms with Gasteiger partial charge in [0.05, 0.1) is 6.61 Å². The van der Waals surface area contributed by atoms with Crippen molar-refractivity contribution in [2.45, 2.75) is 24.9 Å². The van der Waals surface area contributed by atoms with Crippen LogP contribution in [0.5, 0.6) is 0 Å². The van der Waals surface area contributed by atoms with Crippen LogP contribution in [0, 0.1) is 0 Å². The van der Waals surface area contributed by atoms with E-state index in [1.165, 1.54) is 17.4 Å². The Kier molecular flexibility index (Phi) is 7.31. The maximum absolute atomic E-state index is 11.1. The van der Waals surface area contributed by atoms with Crippen molar-refractivity contribution >= 4 is 23.4 Å². The average Bonchev–Trinajstić information content (AvgIpc) is 2.57. The van der Waals surface area contributed by atoms with E-state index >= 15 is 0 Å². The maximum atomic E-state index is 11.1. The van der Waals surface area contributed by atoms with E-state index in [1.807, 2.05) is 24.3 Å². The molecule has 1 amide bonds. The zero-order valence-electron chi connectivity index (χ0n) is 14.2. The van der Waals surface area contributed by atoms with Crippen LogP contribution in [-0.2, 0) is 17.9 Å². The van der Waals surface area contributed by atoms with E-state index in [2.05, 4.69) is 40.7 Å². The molecule has 2 aromatic rings. The highest BCUT2D eigenvalue weighted by Gasteiger charge is 2.07. The topological polar surface area (TPSA) is 52.6 Å². The van der Waals surface area contributed by atoms with Crippen LogP contribution >= 0.6 is 11.8 Å². The molecule has 5 heteroatoms. The highest BCUT2D eigenvalue weighted by atomic mass is 32.2. The fourth-order valence-corrected chi connectivity index (χ4v) is 2.91. The van der Waals surface area contributed by atoms with Crippen LogP contribution in [0.4, 0.5) is 5.69 Å². The molecule has 0 atom stereocenters. The van der Waals surface area contributed by atoms with E-state index < -0.39 is 0 Å². The minimum absolute atomic E-state index is 0.0710. The van der Waals surface area contributed by atoms with Gasteiger partial charge in [-0.15, -0.1) is 11.8 Å². The Balaban J connectivity index is 2.00. The molecule has 0 aliphatic carbocycles. The second-order valence-corrected chi connectivity index (χ2v) is 6.54. The molecule has 0 saturated carbocycles. The first-order chi connectivity index (χ1) is 11.6. The quantitative estimate of drug-likeness (QED) is 0.721. The van der Waals surface area contributed by atoms with Crippen molar-refractivity contribution in [3.8, 4) is 0 Å². The van der Waals surface area contributed by atoms with Gasteiger partial charge >= 0.3 is 0 Å². The third kappa shape index (κ3) is 6.00. The standard InChI is InChI=1S/C19H24N2O2S/c1-15(23)20-18-7-3-16(4-8-18)13-21(11-12-22)14-17-5-9-19(24-2)10-6-17/h3-10,22H,11-14H2,1-2H3,(H,20,23). The molecule has 0 aromatic heterocycles. The lowest BCUT2D eigenvalue weighted by molar-refractivity contribution is -0.114. The van der Waals surface area contributed by atoms with E-state index in [9.17, 15) is 9.90 Å². The van der Waals surface area contributed by atoms with Gasteiger partial charge in [0, 0.05) is 37.1 Å². The third-order valence-corrected chi connectivity index (χ3v) is 4.41. The van der Waals surface area contributed by atoms with Crippen molar-refractivity contribution in [2.75, 3.05) is 24.7 Å². The molecule has 2 aromatic carbocycles. The number of benzene rings is 2. The van der Waals surface area contributed by atoms with Crippen molar-refractivity contribution in [1.29, 1.82) is 0 Å². The van der Waals surface area contributed by atoms with Crippen LogP contribution in [0.1, 0.15) is 18.1 Å². The fraction of sp³-hybridized carbons (Fsp3) is 0.316. The molecule has 0 aliphatic rings. The molecule has 2 N–H and O–H groups in total. The molecule has 0 radical (unpaired) electrons. The number of nitrogens with one attached hydrogen (secondary N) is 1. The van der Waals surface area contributed by atoms with Gasteiger partial charge in [0.25, 0.3) is 0 Å². The monoisotopic (exact) mass is 344 g/mol. The van der Waals surface area contributed by atoms with Crippen LogP contribution in [-0.4, -0.2) is 35.3 Å². The number of rotatable bonds is 8. The van der Waals surface area contributed by atoms with Gasteiger partial charge in [-0.2, -0.15) is 0 Å². The number of hydrogen-bond acceptors (Lipinski definition) is 4. The van der Waals surface area contributed by atoms with Crippen molar-refractivity contribution in [1.82, 2.24) is 4.90 Å². The lowest BCUT2D eigenvalue weighted by atomic mass is 10.1. The molecule has 2 rings (SSSR count). The van der Waals surface area contributed by atoms with E-state index in [0.717, 1.165) is 24.3 Å². The zero-order valence-corrected chi connectivity index (χ0v) is 15.0. The van der Waals surface area contributed by atoms with Gasteiger partial charge < -0.3 is 10.4 Å². The fourth-order valence-electron chi connectivity index (χ4n) is 2.50. The maximum Gasteiger partial charge on any atom is 0.221 e. The number of amides is 1. The van der Waals surface area contributed by atoms with Crippen molar-refractivity contribution < 1.29 is 9.90 Å². The van der Waals surface area contributed by atoms with E-state index in [4.69, 9.17) is 0 Å². The van der Waals surface area contributed by atoms with Crippen LogP contribution in [0.2, 0.25) is 0 Å². The summed E-state index contributed by atoms with van der Waals surface area (Å²) in [7, 11) is 0. The largest absolute Gasteiger partial charge is 0.395 e. The van der Waals surface area contributed by atoms with Gasteiger partial charge in [-0.25, -0.2) is 0 Å². The number of thioether (sulfide) groups is 1. The SMILES string of the molecule is CSc1ccc(CN(CCO)Cc2ccc(NC(C)=O)cc2)cc1. The Morgan fingerprint density at radius 3 is 2.04 bits per heavy atom. The number of aliphatic hydroxyl groups is 1. The van der Waals surface area contributed by atoms with Gasteiger partial charge in [0.1, 0.15) is 0 Å². The first-order valence-corrected chi connectivity index (χ1v) is 9.16. The molecule has 0 spiro atoms. The Hall–Kier alpha value is -1.82. The predicted octanol–water partition coefficient (Wildman–Crippen LogP) is 3.36. The summed E-state index contributed by atoms with van der Waals surface area (Å²) in [6.45, 7) is 3.80. The highest BCUT2D eigenvalue weighted by molar-refractivity contribution is 7.98. The molecule has 0 fully saturated rings. The minimum atomic E-state index is -0.0710. The molecule has 0 bridgehead atoms. The van der Waals surface area contributed by atoms with Gasteiger partial charge in [0.15, 0.2) is 0 Å². The molecular weight excluding hydrogens is 320 g/mol. The van der Waals surface area contributed by atoms with Crippen LogP contribution in [0.15, 0.2) is 53.4 Å². The van der Waals surface area contributed by atoms with Crippen LogP contribution < -0.4 is 5.32 Å². The molecular formula is C19H24N2O2S. The van der Waals surface area contributed by atoms with Crippen LogP contribution in [0.3, 0.4) is 0 Å². The van der Waals surface area contributed by atoms with E-state index in [-0.39, 0.29) is 12.5 Å². The number of carbonyl (C=O) groups excluding carboxylic acids is 1. The average molecular weight is 344 g/mol. The van der Waals surface area contributed by atoms with E-state index in [1.54, 1.807) is 11.8 Å². The number of anilines is 1. The van der Waals surface area contributed by atoms with Gasteiger partial charge in [-0.3, -0.25) is 9.69 Å². The zero-order chi connectivity index (χ0) is 17.4. The molecule has 4 nitrogen and oxygen atoms in total. The van der Waals surface area contributed by atoms with Gasteiger partial charge in [0.2, 0.25) is 5.91 Å². The summed E-state index contributed by atoms with van der Waals surface area (Å²) in [6, 6.07) is 16.3. The number of aliphatic hydroxyl groups excluding tert-OH is 1. The molecule has 0 heterocycles. The Bertz CT molecular complexity index is 641. The lowest BCUT2D eigenvalue weighted by Crippen LogP contribution is -2.26. The second-order valence-electron chi connectivity index (χ2n) is 5.66. The van der Waals surface area contributed by atoms with Crippen LogP contribution in [0.25, 0.3) is 0 Å². The number of nitrogens with zero attached hydrogens (tertiary/aromatic N) is 1. The van der Waals surface area contributed by atoms with Crippen molar-refractivity contribution in [2.24, 2.45) is 0 Å². The highest BCUT2D eigenvalue weighted by Crippen LogP contribution is 2.17. The molecule has 0 aliphatic heterocycles. The minimum Gasteiger partial charge on any atom is -0.395 e. The summed E-state index contributed by atoms with van der Waals surface area (Å²) < 4.78 is 0. The normalized spacial score (nSPS) is 10.8. The lowest BCUT2D eigenvalue weighted by Gasteiger charge is -2.22. The molecule has 128 valence electrons. The molecule has 0 unspecified atom stereocenters. The first kappa shape index (κ1) is 18.5. The van der Waals surface area contributed by atoms with Crippen molar-refractivity contribution in [3.05, 3.63) is 59.7 Å². The Morgan fingerprint density at radius 2 is 1.58 bits per heavy atom. The smallest absolute Gasteiger partial charge is 0.221 e. The predicted molar refractivity (Wildman–Crippen MR) is 100 cm³/mol. The summed E-state index contributed by atoms with van der Waals surface area (Å²) in [6.07, 6.45) is 2.07. The summed E-state index contributed by atoms with van der Waals surface area (Å²) >= 11 is 1.73. The third-order valence-electron chi connectivity index (χ3n) is 3.66. The second kappa shape index (κ2) is 9.47. The number of hydrogen-bond donors (Lipinski definition) is 2. The summed E-state index contributed by atoms with van der Waals surface area (Å²) in [5.41, 5.74) is 3.18. The Morgan fingerprint density at radius 1 is 1.04 bits per heavy atom. The molecule has 24 heavy (non-hydrogen) atoms. The van der Waals surface area contributed by atoms with E-state index in [0.29, 0.717) is 6.54 Å². The van der Waals surface area contributed by atoms with Gasteiger partial charge in [-0.05, 0) is 41.6 Å². The summed E-state index contributed by atoms with van der Waals surface area (Å²) in [5.74, 6) is -0.0710. The van der Waals surface area contributed by atoms with Gasteiger partial charge in [-0.1, -0.05) is 24.3 Å². The first-order valence-electron chi connectivity index (χ1n) is 7.93. The van der Waals surface area contributed by atoms with Crippen molar-refractivity contribution in [3.63, 3.8) is 0 Å². The Labute approximate surface area is 147 Å². The summed E-state index contributed by atoms with van der Waals surface area (Å²) in [5, 5.41) is 12.1. The molecule has 0 saturated heterocycles. The summed E-state index contributed by atoms with van der Waals surface area (Å²) in [4.78, 5) is 14.5. The number of carbonyl (C=O) groups is 1.